The Hall–Kier alpha value is -2.00. The molecule has 3 nitrogen and oxygen atoms in total. The Morgan fingerprint density at radius 1 is 1.00 bits per heavy atom. The Bertz CT molecular complexity index is 847. The van der Waals surface area contributed by atoms with Gasteiger partial charge in [-0.25, -0.2) is 0 Å². The van der Waals surface area contributed by atoms with Gasteiger partial charge < -0.3 is 14.3 Å². The highest BCUT2D eigenvalue weighted by atomic mass is 16.5. The Labute approximate surface area is 135 Å². The normalized spacial score (nSPS) is 19.1. The molecule has 1 aromatic heterocycles. The zero-order valence-corrected chi connectivity index (χ0v) is 13.5. The van der Waals surface area contributed by atoms with Gasteiger partial charge in [0, 0.05) is 10.8 Å². The van der Waals surface area contributed by atoms with Crippen LogP contribution in [0.3, 0.4) is 0 Å². The van der Waals surface area contributed by atoms with Gasteiger partial charge in [0.2, 0.25) is 0 Å². The van der Waals surface area contributed by atoms with Crippen LogP contribution in [0.5, 0.6) is 5.75 Å². The van der Waals surface area contributed by atoms with Gasteiger partial charge in [-0.05, 0) is 67.5 Å². The van der Waals surface area contributed by atoms with Crippen LogP contribution >= 0.6 is 0 Å². The third kappa shape index (κ3) is 2.70. The van der Waals surface area contributed by atoms with E-state index in [2.05, 4.69) is 24.3 Å². The van der Waals surface area contributed by atoms with Crippen molar-refractivity contribution in [3.05, 3.63) is 41.5 Å². The van der Waals surface area contributed by atoms with Crippen LogP contribution in [0.1, 0.15) is 36.8 Å². The number of benzene rings is 2. The molecule has 0 spiro atoms. The predicted octanol–water partition coefficient (Wildman–Crippen LogP) is 4.61. The fraction of sp³-hybridized carbons (Fsp3) is 0.400. The summed E-state index contributed by atoms with van der Waals surface area (Å²) in [6, 6.07) is 10.7. The predicted molar refractivity (Wildman–Crippen MR) is 92.2 cm³/mol. The lowest BCUT2D eigenvalue weighted by Gasteiger charge is -2.10. The zero-order chi connectivity index (χ0) is 15.8. The standard InChI is InChI=1S/C20H22O3/c1-22-19-12-14-4-2-3-5-15(21)8-6-13-7-9-18-16(10-13)17(11-14)20(19)23-18/h7,9-12,15,21H,2-6,8H2,1H3. The molecule has 4 bridgehead atoms. The Morgan fingerprint density at radius 3 is 2.74 bits per heavy atom. The average Bonchev–Trinajstić information content (AvgIpc) is 2.93. The van der Waals surface area contributed by atoms with E-state index in [9.17, 15) is 5.11 Å². The molecule has 1 aliphatic rings. The molecule has 3 heteroatoms. The van der Waals surface area contributed by atoms with E-state index < -0.39 is 0 Å². The van der Waals surface area contributed by atoms with Crippen molar-refractivity contribution in [2.45, 2.75) is 44.6 Å². The van der Waals surface area contributed by atoms with Crippen LogP contribution in [0, 0.1) is 0 Å². The van der Waals surface area contributed by atoms with Crippen molar-refractivity contribution in [3.63, 3.8) is 0 Å². The molecule has 1 aliphatic carbocycles. The molecule has 3 aromatic rings. The van der Waals surface area contributed by atoms with Crippen LogP contribution in [0.4, 0.5) is 0 Å². The molecule has 4 rings (SSSR count). The largest absolute Gasteiger partial charge is 0.493 e. The van der Waals surface area contributed by atoms with Gasteiger partial charge in [-0.3, -0.25) is 0 Å². The Kier molecular flexibility index (Phi) is 3.74. The number of aryl methyl sites for hydroxylation is 2. The lowest BCUT2D eigenvalue weighted by molar-refractivity contribution is 0.151. The summed E-state index contributed by atoms with van der Waals surface area (Å²) < 4.78 is 11.6. The maximum Gasteiger partial charge on any atom is 0.177 e. The fourth-order valence-electron chi connectivity index (χ4n) is 3.59. The number of aliphatic hydroxyl groups is 1. The second-order valence-electron chi connectivity index (χ2n) is 6.55. The molecule has 23 heavy (non-hydrogen) atoms. The molecular formula is C20H22O3. The average molecular weight is 310 g/mol. The molecule has 0 fully saturated rings. The van der Waals surface area contributed by atoms with Crippen LogP contribution in [-0.2, 0) is 12.8 Å². The quantitative estimate of drug-likeness (QED) is 0.713. The summed E-state index contributed by atoms with van der Waals surface area (Å²) in [7, 11) is 1.70. The molecule has 1 atom stereocenters. The molecule has 0 aliphatic heterocycles. The highest BCUT2D eigenvalue weighted by molar-refractivity contribution is 6.07. The maximum atomic E-state index is 10.1. The van der Waals surface area contributed by atoms with Gasteiger partial charge in [0.15, 0.2) is 11.3 Å². The lowest BCUT2D eigenvalue weighted by Crippen LogP contribution is -2.08. The molecule has 1 heterocycles. The van der Waals surface area contributed by atoms with Crippen molar-refractivity contribution in [3.8, 4) is 5.75 Å². The van der Waals surface area contributed by atoms with Crippen molar-refractivity contribution < 1.29 is 14.3 Å². The first-order chi connectivity index (χ1) is 11.2. The van der Waals surface area contributed by atoms with E-state index >= 15 is 0 Å². The first-order valence-corrected chi connectivity index (χ1v) is 8.45. The molecule has 0 radical (unpaired) electrons. The van der Waals surface area contributed by atoms with E-state index in [0.717, 1.165) is 66.2 Å². The molecule has 0 saturated carbocycles. The minimum Gasteiger partial charge on any atom is -0.493 e. The van der Waals surface area contributed by atoms with Crippen LogP contribution in [0.25, 0.3) is 21.9 Å². The Morgan fingerprint density at radius 2 is 1.87 bits per heavy atom. The van der Waals surface area contributed by atoms with Crippen molar-refractivity contribution in [2.75, 3.05) is 7.11 Å². The number of fused-ring (bicyclic) bond motifs is 2. The zero-order valence-electron chi connectivity index (χ0n) is 13.5. The van der Waals surface area contributed by atoms with Crippen LogP contribution < -0.4 is 4.74 Å². The third-order valence-corrected chi connectivity index (χ3v) is 4.90. The Balaban J connectivity index is 1.93. The SMILES string of the molecule is COc1cc2cc3c1oc1ccc(cc13)CCC(O)CCCC2. The van der Waals surface area contributed by atoms with E-state index in [1.54, 1.807) is 7.11 Å². The highest BCUT2D eigenvalue weighted by Crippen LogP contribution is 2.37. The lowest BCUT2D eigenvalue weighted by atomic mass is 10.0. The summed E-state index contributed by atoms with van der Waals surface area (Å²) in [6.45, 7) is 0. The fourth-order valence-corrected chi connectivity index (χ4v) is 3.59. The molecule has 1 N–H and O–H groups in total. The number of methoxy groups -OCH3 is 1. The number of aliphatic hydroxyl groups excluding tert-OH is 1. The van der Waals surface area contributed by atoms with Crippen molar-refractivity contribution >= 4 is 21.9 Å². The molecule has 2 aromatic carbocycles. The minimum absolute atomic E-state index is 0.200. The van der Waals surface area contributed by atoms with Gasteiger partial charge in [0.25, 0.3) is 0 Å². The van der Waals surface area contributed by atoms with Gasteiger partial charge in [-0.1, -0.05) is 12.5 Å². The van der Waals surface area contributed by atoms with E-state index in [1.165, 1.54) is 11.1 Å². The third-order valence-electron chi connectivity index (χ3n) is 4.90. The second kappa shape index (κ2) is 5.89. The molecule has 120 valence electrons. The number of rotatable bonds is 1. The van der Waals surface area contributed by atoms with Crippen LogP contribution in [0.2, 0.25) is 0 Å². The van der Waals surface area contributed by atoms with Crippen molar-refractivity contribution in [1.29, 1.82) is 0 Å². The number of hydrogen-bond donors (Lipinski definition) is 1. The molecule has 0 saturated heterocycles. The van der Waals surface area contributed by atoms with E-state index in [1.807, 2.05) is 6.07 Å². The van der Waals surface area contributed by atoms with Crippen molar-refractivity contribution in [1.82, 2.24) is 0 Å². The monoisotopic (exact) mass is 310 g/mol. The first kappa shape index (κ1) is 14.6. The maximum absolute atomic E-state index is 10.1. The topological polar surface area (TPSA) is 42.6 Å². The number of hydrogen-bond acceptors (Lipinski definition) is 3. The summed E-state index contributed by atoms with van der Waals surface area (Å²) in [5, 5.41) is 12.4. The minimum atomic E-state index is -0.200. The number of furan rings is 1. The number of ether oxygens (including phenoxy) is 1. The van der Waals surface area contributed by atoms with Crippen molar-refractivity contribution in [2.24, 2.45) is 0 Å². The van der Waals surface area contributed by atoms with Gasteiger partial charge in [0.05, 0.1) is 13.2 Å². The van der Waals surface area contributed by atoms with Gasteiger partial charge in [-0.2, -0.15) is 0 Å². The highest BCUT2D eigenvalue weighted by Gasteiger charge is 2.15. The smallest absolute Gasteiger partial charge is 0.177 e. The van der Waals surface area contributed by atoms with E-state index in [4.69, 9.17) is 9.15 Å². The summed E-state index contributed by atoms with van der Waals surface area (Å²) in [5.41, 5.74) is 4.26. The van der Waals surface area contributed by atoms with Gasteiger partial charge >= 0.3 is 0 Å². The summed E-state index contributed by atoms with van der Waals surface area (Å²) in [4.78, 5) is 0. The first-order valence-electron chi connectivity index (χ1n) is 8.45. The summed E-state index contributed by atoms with van der Waals surface area (Å²) in [5.74, 6) is 0.810. The second-order valence-corrected chi connectivity index (χ2v) is 6.55. The van der Waals surface area contributed by atoms with Crippen LogP contribution in [0.15, 0.2) is 34.7 Å². The van der Waals surface area contributed by atoms with Crippen LogP contribution in [-0.4, -0.2) is 18.3 Å². The van der Waals surface area contributed by atoms with E-state index in [-0.39, 0.29) is 6.10 Å². The molecular weight excluding hydrogens is 288 g/mol. The van der Waals surface area contributed by atoms with E-state index in [0.29, 0.717) is 0 Å². The van der Waals surface area contributed by atoms with Gasteiger partial charge in [0.1, 0.15) is 5.58 Å². The summed E-state index contributed by atoms with van der Waals surface area (Å²) >= 11 is 0. The molecule has 0 amide bonds. The van der Waals surface area contributed by atoms with Gasteiger partial charge in [-0.15, -0.1) is 0 Å². The summed E-state index contributed by atoms with van der Waals surface area (Å²) in [6.07, 6.45) is 5.56. The molecule has 1 unspecified atom stereocenters.